The topological polar surface area (TPSA) is 41.1 Å². The lowest BCUT2D eigenvalue weighted by Crippen LogP contribution is -2.41. The van der Waals surface area contributed by atoms with Crippen molar-refractivity contribution in [3.05, 3.63) is 0 Å². The highest BCUT2D eigenvalue weighted by atomic mass is 16.2. The van der Waals surface area contributed by atoms with Gasteiger partial charge in [0.1, 0.15) is 0 Å². The molecule has 2 N–H and O–H groups in total. The van der Waals surface area contributed by atoms with Crippen molar-refractivity contribution in [3.8, 4) is 0 Å². The molecule has 0 spiro atoms. The zero-order valence-electron chi connectivity index (χ0n) is 9.10. The summed E-state index contributed by atoms with van der Waals surface area (Å²) < 4.78 is 0. The summed E-state index contributed by atoms with van der Waals surface area (Å²) in [5, 5.41) is 6.32. The van der Waals surface area contributed by atoms with E-state index in [0.29, 0.717) is 0 Å². The van der Waals surface area contributed by atoms with E-state index in [0.717, 1.165) is 37.9 Å². The molecule has 0 bridgehead atoms. The third-order valence-electron chi connectivity index (χ3n) is 3.72. The van der Waals surface area contributed by atoms with Gasteiger partial charge in [0, 0.05) is 13.1 Å². The van der Waals surface area contributed by atoms with Crippen LogP contribution in [0.5, 0.6) is 0 Å². The average Bonchev–Trinajstić information content (AvgIpc) is 2.65. The van der Waals surface area contributed by atoms with Gasteiger partial charge < -0.3 is 10.6 Å². The second-order valence-electron chi connectivity index (χ2n) is 5.17. The largest absolute Gasteiger partial charge is 0.355 e. The summed E-state index contributed by atoms with van der Waals surface area (Å²) in [7, 11) is 0. The van der Waals surface area contributed by atoms with E-state index in [2.05, 4.69) is 24.5 Å². The second-order valence-corrected chi connectivity index (χ2v) is 5.17. The second kappa shape index (κ2) is 3.54. The molecule has 3 unspecified atom stereocenters. The van der Waals surface area contributed by atoms with Crippen LogP contribution in [0, 0.1) is 17.3 Å². The van der Waals surface area contributed by atoms with Crippen LogP contribution in [0.15, 0.2) is 0 Å². The van der Waals surface area contributed by atoms with Crippen molar-refractivity contribution >= 4 is 5.91 Å². The summed E-state index contributed by atoms with van der Waals surface area (Å²) >= 11 is 0. The van der Waals surface area contributed by atoms with Gasteiger partial charge in [-0.1, -0.05) is 6.92 Å². The summed E-state index contributed by atoms with van der Waals surface area (Å²) in [6, 6.07) is 0. The molecule has 2 aliphatic rings. The average molecular weight is 196 g/mol. The van der Waals surface area contributed by atoms with Gasteiger partial charge in [0.15, 0.2) is 0 Å². The summed E-state index contributed by atoms with van der Waals surface area (Å²) in [5.41, 5.74) is -0.155. The number of nitrogens with one attached hydrogen (secondary N) is 2. The fourth-order valence-corrected chi connectivity index (χ4v) is 2.13. The minimum absolute atomic E-state index is 0.155. The third kappa shape index (κ3) is 1.92. The Kier molecular flexibility index (Phi) is 2.52. The molecule has 3 atom stereocenters. The van der Waals surface area contributed by atoms with Gasteiger partial charge in [0.2, 0.25) is 5.91 Å². The van der Waals surface area contributed by atoms with Gasteiger partial charge in [-0.2, -0.15) is 0 Å². The van der Waals surface area contributed by atoms with Crippen molar-refractivity contribution < 1.29 is 4.79 Å². The van der Waals surface area contributed by atoms with E-state index in [1.165, 1.54) is 6.42 Å². The molecule has 0 radical (unpaired) electrons. The molecule has 14 heavy (non-hydrogen) atoms. The van der Waals surface area contributed by atoms with Crippen LogP contribution < -0.4 is 10.6 Å². The minimum Gasteiger partial charge on any atom is -0.355 e. The highest BCUT2D eigenvalue weighted by Crippen LogP contribution is 2.37. The number of hydrogen-bond donors (Lipinski definition) is 2. The Bertz CT molecular complexity index is 233. The molecule has 1 heterocycles. The Balaban J connectivity index is 1.77. The molecular weight excluding hydrogens is 176 g/mol. The van der Waals surface area contributed by atoms with E-state index in [1.807, 2.05) is 0 Å². The lowest BCUT2D eigenvalue weighted by molar-refractivity contribution is -0.129. The smallest absolute Gasteiger partial charge is 0.227 e. The molecule has 1 aliphatic carbocycles. The van der Waals surface area contributed by atoms with Gasteiger partial charge in [0.05, 0.1) is 5.41 Å². The van der Waals surface area contributed by atoms with Gasteiger partial charge in [-0.25, -0.2) is 0 Å². The van der Waals surface area contributed by atoms with Crippen LogP contribution in [0.2, 0.25) is 0 Å². The van der Waals surface area contributed by atoms with E-state index in [9.17, 15) is 4.79 Å². The van der Waals surface area contributed by atoms with Crippen LogP contribution in [0.3, 0.4) is 0 Å². The van der Waals surface area contributed by atoms with Crippen LogP contribution in [-0.4, -0.2) is 25.5 Å². The van der Waals surface area contributed by atoms with Crippen molar-refractivity contribution in [2.75, 3.05) is 19.6 Å². The molecule has 1 aliphatic heterocycles. The molecule has 3 heteroatoms. The lowest BCUT2D eigenvalue weighted by atomic mass is 9.89. The van der Waals surface area contributed by atoms with E-state index < -0.39 is 0 Å². The standard InChI is InChI=1S/C11H20N2O/c1-8-5-9(8)6-13-10(14)11(2)3-4-12-7-11/h8-9,12H,3-7H2,1-2H3,(H,13,14). The predicted octanol–water partition coefficient (Wildman–Crippen LogP) is 0.758. The summed E-state index contributed by atoms with van der Waals surface area (Å²) in [4.78, 5) is 11.9. The van der Waals surface area contributed by atoms with Crippen LogP contribution >= 0.6 is 0 Å². The quantitative estimate of drug-likeness (QED) is 0.699. The van der Waals surface area contributed by atoms with Crippen molar-refractivity contribution in [2.45, 2.75) is 26.7 Å². The van der Waals surface area contributed by atoms with Crippen LogP contribution in [0.4, 0.5) is 0 Å². The Morgan fingerprint density at radius 3 is 2.86 bits per heavy atom. The fourth-order valence-electron chi connectivity index (χ4n) is 2.13. The van der Waals surface area contributed by atoms with Crippen molar-refractivity contribution in [2.24, 2.45) is 17.3 Å². The van der Waals surface area contributed by atoms with E-state index in [1.54, 1.807) is 0 Å². The molecule has 0 aromatic carbocycles. The zero-order valence-corrected chi connectivity index (χ0v) is 9.10. The molecular formula is C11H20N2O. The Morgan fingerprint density at radius 1 is 1.64 bits per heavy atom. The molecule has 1 saturated heterocycles. The monoisotopic (exact) mass is 196 g/mol. The van der Waals surface area contributed by atoms with Crippen molar-refractivity contribution in [1.29, 1.82) is 0 Å². The van der Waals surface area contributed by atoms with Crippen LogP contribution in [0.25, 0.3) is 0 Å². The fraction of sp³-hybridized carbons (Fsp3) is 0.909. The normalized spacial score (nSPS) is 41.0. The molecule has 2 rings (SSSR count). The van der Waals surface area contributed by atoms with Crippen LogP contribution in [-0.2, 0) is 4.79 Å². The zero-order chi connectivity index (χ0) is 10.2. The number of carbonyl (C=O) groups excluding carboxylic acids is 1. The first-order valence-corrected chi connectivity index (χ1v) is 5.61. The number of rotatable bonds is 3. The SMILES string of the molecule is CC1CC1CNC(=O)C1(C)CCNC1. The Hall–Kier alpha value is -0.570. The van der Waals surface area contributed by atoms with Gasteiger partial charge in [-0.15, -0.1) is 0 Å². The van der Waals surface area contributed by atoms with Gasteiger partial charge in [-0.3, -0.25) is 4.79 Å². The molecule has 0 aromatic rings. The number of carbonyl (C=O) groups is 1. The first-order valence-electron chi connectivity index (χ1n) is 5.61. The maximum atomic E-state index is 11.9. The highest BCUT2D eigenvalue weighted by Gasteiger charge is 2.38. The molecule has 1 amide bonds. The summed E-state index contributed by atoms with van der Waals surface area (Å²) in [6.45, 7) is 6.99. The Labute approximate surface area is 85.6 Å². The highest BCUT2D eigenvalue weighted by molar-refractivity contribution is 5.82. The molecule has 2 fully saturated rings. The molecule has 80 valence electrons. The summed E-state index contributed by atoms with van der Waals surface area (Å²) in [6.07, 6.45) is 2.26. The van der Waals surface area contributed by atoms with Gasteiger partial charge in [-0.05, 0) is 38.1 Å². The lowest BCUT2D eigenvalue weighted by Gasteiger charge is -2.21. The number of amides is 1. The third-order valence-corrected chi connectivity index (χ3v) is 3.72. The van der Waals surface area contributed by atoms with Crippen molar-refractivity contribution in [3.63, 3.8) is 0 Å². The van der Waals surface area contributed by atoms with E-state index >= 15 is 0 Å². The first kappa shape index (κ1) is 9.97. The van der Waals surface area contributed by atoms with E-state index in [4.69, 9.17) is 0 Å². The summed E-state index contributed by atoms with van der Waals surface area (Å²) in [5.74, 6) is 1.81. The predicted molar refractivity (Wildman–Crippen MR) is 55.9 cm³/mol. The maximum Gasteiger partial charge on any atom is 0.227 e. The molecule has 1 saturated carbocycles. The first-order chi connectivity index (χ1) is 6.62. The molecule has 3 nitrogen and oxygen atoms in total. The maximum absolute atomic E-state index is 11.9. The van der Waals surface area contributed by atoms with Crippen molar-refractivity contribution in [1.82, 2.24) is 10.6 Å². The van der Waals surface area contributed by atoms with Gasteiger partial charge in [0.25, 0.3) is 0 Å². The number of hydrogen-bond acceptors (Lipinski definition) is 2. The molecule has 0 aromatic heterocycles. The van der Waals surface area contributed by atoms with Crippen LogP contribution in [0.1, 0.15) is 26.7 Å². The van der Waals surface area contributed by atoms with Gasteiger partial charge >= 0.3 is 0 Å². The Morgan fingerprint density at radius 2 is 2.36 bits per heavy atom. The van der Waals surface area contributed by atoms with E-state index in [-0.39, 0.29) is 11.3 Å². The minimum atomic E-state index is -0.155.